The quantitative estimate of drug-likeness (QED) is 0.702. The molecule has 2 atom stereocenters. The van der Waals surface area contributed by atoms with E-state index in [2.05, 4.69) is 17.6 Å². The lowest BCUT2D eigenvalue weighted by molar-refractivity contribution is -0.123. The summed E-state index contributed by atoms with van der Waals surface area (Å²) in [6.07, 6.45) is 0. The predicted molar refractivity (Wildman–Crippen MR) is 81.6 cm³/mol. The van der Waals surface area contributed by atoms with Crippen LogP contribution in [0.2, 0.25) is 0 Å². The van der Waals surface area contributed by atoms with Crippen LogP contribution in [0.25, 0.3) is 0 Å². The van der Waals surface area contributed by atoms with Gasteiger partial charge in [-0.25, -0.2) is 4.79 Å². The number of carbonyl (C=O) groups excluding carboxylic acids is 2. The van der Waals surface area contributed by atoms with Crippen LogP contribution < -0.4 is 16.4 Å². The largest absolute Gasteiger partial charge is 0.352 e. The summed E-state index contributed by atoms with van der Waals surface area (Å²) in [4.78, 5) is 23.8. The van der Waals surface area contributed by atoms with Gasteiger partial charge in [0.2, 0.25) is 5.91 Å². The first-order valence-electron chi connectivity index (χ1n) is 6.53. The molecule has 4 N–H and O–H groups in total. The van der Waals surface area contributed by atoms with E-state index < -0.39 is 12.1 Å². The molecule has 110 valence electrons. The topological polar surface area (TPSA) is 84.2 Å². The second-order valence-electron chi connectivity index (χ2n) is 4.46. The molecular formula is C14H21N3O2S. The Morgan fingerprint density at radius 1 is 1.20 bits per heavy atom. The molecule has 3 amide bonds. The van der Waals surface area contributed by atoms with E-state index in [1.807, 2.05) is 31.2 Å². The van der Waals surface area contributed by atoms with Crippen molar-refractivity contribution >= 4 is 23.7 Å². The SMILES string of the molecule is CCSc1ccc([C@H](C)NC(=O)[C@H](C)NC(N)=O)cc1. The highest BCUT2D eigenvalue weighted by Crippen LogP contribution is 2.20. The summed E-state index contributed by atoms with van der Waals surface area (Å²) < 4.78 is 0. The molecule has 5 nitrogen and oxygen atoms in total. The van der Waals surface area contributed by atoms with Gasteiger partial charge in [0.15, 0.2) is 0 Å². The van der Waals surface area contributed by atoms with Crippen LogP contribution in [0.3, 0.4) is 0 Å². The summed E-state index contributed by atoms with van der Waals surface area (Å²) in [5.41, 5.74) is 6.00. The zero-order valence-corrected chi connectivity index (χ0v) is 12.8. The Labute approximate surface area is 123 Å². The number of carbonyl (C=O) groups is 2. The van der Waals surface area contributed by atoms with Crippen molar-refractivity contribution in [2.75, 3.05) is 5.75 Å². The fraction of sp³-hybridized carbons (Fsp3) is 0.429. The summed E-state index contributed by atoms with van der Waals surface area (Å²) in [5.74, 6) is 0.769. The van der Waals surface area contributed by atoms with Gasteiger partial charge in [0.05, 0.1) is 6.04 Å². The smallest absolute Gasteiger partial charge is 0.312 e. The Balaban J connectivity index is 2.59. The van der Waals surface area contributed by atoms with Gasteiger partial charge in [0.1, 0.15) is 6.04 Å². The van der Waals surface area contributed by atoms with E-state index in [4.69, 9.17) is 5.73 Å². The molecule has 6 heteroatoms. The van der Waals surface area contributed by atoms with Crippen LogP contribution in [0.15, 0.2) is 29.2 Å². The molecule has 0 aliphatic heterocycles. The van der Waals surface area contributed by atoms with Crippen molar-refractivity contribution in [2.24, 2.45) is 5.73 Å². The molecule has 0 aromatic heterocycles. The van der Waals surface area contributed by atoms with Crippen molar-refractivity contribution in [3.8, 4) is 0 Å². The molecular weight excluding hydrogens is 274 g/mol. The summed E-state index contributed by atoms with van der Waals surface area (Å²) in [5, 5.41) is 5.19. The van der Waals surface area contributed by atoms with E-state index in [0.29, 0.717) is 0 Å². The maximum absolute atomic E-state index is 11.8. The predicted octanol–water partition coefficient (Wildman–Crippen LogP) is 2.03. The standard InChI is InChI=1S/C14H21N3O2S/c1-4-20-12-7-5-11(6-8-12)9(2)16-13(18)10(3)17-14(15)19/h5-10H,4H2,1-3H3,(H,16,18)(H3,15,17,19)/t9-,10-/m0/s1. The molecule has 0 unspecified atom stereocenters. The van der Waals surface area contributed by atoms with Gasteiger partial charge >= 0.3 is 6.03 Å². The maximum Gasteiger partial charge on any atom is 0.312 e. The number of benzene rings is 1. The number of nitrogens with one attached hydrogen (secondary N) is 2. The monoisotopic (exact) mass is 295 g/mol. The highest BCUT2D eigenvalue weighted by molar-refractivity contribution is 7.99. The maximum atomic E-state index is 11.8. The molecule has 0 bridgehead atoms. The highest BCUT2D eigenvalue weighted by Gasteiger charge is 2.16. The zero-order valence-electron chi connectivity index (χ0n) is 12.0. The molecule has 0 saturated carbocycles. The number of thioether (sulfide) groups is 1. The Bertz CT molecular complexity index is 462. The van der Waals surface area contributed by atoms with Gasteiger partial charge in [0.25, 0.3) is 0 Å². The van der Waals surface area contributed by atoms with Gasteiger partial charge in [-0.3, -0.25) is 4.79 Å². The van der Waals surface area contributed by atoms with Crippen LogP contribution in [0.1, 0.15) is 32.4 Å². The fourth-order valence-corrected chi connectivity index (χ4v) is 2.38. The molecule has 0 saturated heterocycles. The first-order valence-corrected chi connectivity index (χ1v) is 7.51. The number of hydrogen-bond acceptors (Lipinski definition) is 3. The van der Waals surface area contributed by atoms with E-state index in [0.717, 1.165) is 11.3 Å². The van der Waals surface area contributed by atoms with Crippen LogP contribution in [0.5, 0.6) is 0 Å². The molecule has 0 aliphatic rings. The lowest BCUT2D eigenvalue weighted by Crippen LogP contribution is -2.47. The van der Waals surface area contributed by atoms with E-state index >= 15 is 0 Å². The third-order valence-corrected chi connectivity index (χ3v) is 3.70. The molecule has 1 aromatic carbocycles. The molecule has 0 spiro atoms. The summed E-state index contributed by atoms with van der Waals surface area (Å²) in [7, 11) is 0. The van der Waals surface area contributed by atoms with Gasteiger partial charge in [-0.2, -0.15) is 0 Å². The molecule has 0 fully saturated rings. The first-order chi connectivity index (χ1) is 9.43. The molecule has 1 rings (SSSR count). The lowest BCUT2D eigenvalue weighted by atomic mass is 10.1. The van der Waals surface area contributed by atoms with E-state index in [1.54, 1.807) is 18.7 Å². The summed E-state index contributed by atoms with van der Waals surface area (Å²) in [6.45, 7) is 5.60. The number of nitrogens with two attached hydrogens (primary N) is 1. The second-order valence-corrected chi connectivity index (χ2v) is 5.80. The van der Waals surface area contributed by atoms with Gasteiger partial charge < -0.3 is 16.4 Å². The van der Waals surface area contributed by atoms with Gasteiger partial charge in [-0.1, -0.05) is 19.1 Å². The third kappa shape index (κ3) is 5.13. The normalized spacial score (nSPS) is 13.3. The second kappa shape index (κ2) is 7.79. The average Bonchev–Trinajstić information content (AvgIpc) is 2.39. The number of urea groups is 1. The number of amides is 3. The molecule has 0 aliphatic carbocycles. The lowest BCUT2D eigenvalue weighted by Gasteiger charge is -2.18. The third-order valence-electron chi connectivity index (χ3n) is 2.80. The molecule has 0 heterocycles. The van der Waals surface area contributed by atoms with Gasteiger partial charge in [0, 0.05) is 4.90 Å². The summed E-state index contributed by atoms with van der Waals surface area (Å²) >= 11 is 1.77. The van der Waals surface area contributed by atoms with Crippen molar-refractivity contribution in [1.82, 2.24) is 10.6 Å². The van der Waals surface area contributed by atoms with E-state index in [-0.39, 0.29) is 11.9 Å². The Morgan fingerprint density at radius 2 is 1.80 bits per heavy atom. The van der Waals surface area contributed by atoms with Crippen molar-refractivity contribution in [3.05, 3.63) is 29.8 Å². The van der Waals surface area contributed by atoms with Crippen molar-refractivity contribution in [2.45, 2.75) is 37.8 Å². The van der Waals surface area contributed by atoms with Crippen LogP contribution in [-0.4, -0.2) is 23.7 Å². The van der Waals surface area contributed by atoms with Crippen molar-refractivity contribution in [3.63, 3.8) is 0 Å². The number of hydrogen-bond donors (Lipinski definition) is 3. The minimum Gasteiger partial charge on any atom is -0.352 e. The highest BCUT2D eigenvalue weighted by atomic mass is 32.2. The van der Waals surface area contributed by atoms with E-state index in [9.17, 15) is 9.59 Å². The fourth-order valence-electron chi connectivity index (χ4n) is 1.72. The van der Waals surface area contributed by atoms with Crippen molar-refractivity contribution in [1.29, 1.82) is 0 Å². The van der Waals surface area contributed by atoms with E-state index in [1.165, 1.54) is 4.90 Å². The summed E-state index contributed by atoms with van der Waals surface area (Å²) in [6, 6.07) is 6.59. The van der Waals surface area contributed by atoms with Crippen molar-refractivity contribution < 1.29 is 9.59 Å². The molecule has 0 radical (unpaired) electrons. The van der Waals surface area contributed by atoms with Gasteiger partial charge in [-0.05, 0) is 37.3 Å². The molecule has 20 heavy (non-hydrogen) atoms. The minimum absolute atomic E-state index is 0.125. The number of rotatable bonds is 6. The zero-order chi connectivity index (χ0) is 15.1. The van der Waals surface area contributed by atoms with Crippen LogP contribution in [0, 0.1) is 0 Å². The Hall–Kier alpha value is -1.69. The van der Waals surface area contributed by atoms with Crippen LogP contribution in [0.4, 0.5) is 4.79 Å². The van der Waals surface area contributed by atoms with Crippen LogP contribution in [-0.2, 0) is 4.79 Å². The first kappa shape index (κ1) is 16.4. The Kier molecular flexibility index (Phi) is 6.38. The van der Waals surface area contributed by atoms with Crippen LogP contribution >= 0.6 is 11.8 Å². The minimum atomic E-state index is -0.707. The molecule has 1 aromatic rings. The van der Waals surface area contributed by atoms with Gasteiger partial charge in [-0.15, -0.1) is 11.8 Å². The number of primary amides is 1. The Morgan fingerprint density at radius 3 is 2.30 bits per heavy atom. The average molecular weight is 295 g/mol.